The Morgan fingerprint density at radius 3 is 2.53 bits per heavy atom. The molecular formula is C14H25NO4. The molecule has 1 fully saturated rings. The summed E-state index contributed by atoms with van der Waals surface area (Å²) in [5.74, 6) is -0.451. The lowest BCUT2D eigenvalue weighted by molar-refractivity contribution is -0.142. The van der Waals surface area contributed by atoms with Gasteiger partial charge in [0.05, 0.1) is 6.61 Å². The smallest absolute Gasteiger partial charge is 0.329 e. The largest absolute Gasteiger partial charge is 0.480 e. The quantitative estimate of drug-likeness (QED) is 0.692. The maximum absolute atomic E-state index is 11.7. The van der Waals surface area contributed by atoms with Gasteiger partial charge in [-0.2, -0.15) is 0 Å². The summed E-state index contributed by atoms with van der Waals surface area (Å²) in [4.78, 5) is 21.9. The van der Waals surface area contributed by atoms with Gasteiger partial charge in [-0.3, -0.25) is 4.79 Å². The molecule has 1 rings (SSSR count). The Hall–Kier alpha value is -1.10. The normalized spacial score (nSPS) is 19.1. The van der Waals surface area contributed by atoms with Crippen molar-refractivity contribution in [2.24, 2.45) is 11.3 Å². The van der Waals surface area contributed by atoms with Gasteiger partial charge in [-0.15, -0.1) is 0 Å². The summed E-state index contributed by atoms with van der Waals surface area (Å²) < 4.78 is 4.85. The molecule has 0 aromatic carbocycles. The van der Waals surface area contributed by atoms with Crippen molar-refractivity contribution in [1.82, 2.24) is 5.32 Å². The van der Waals surface area contributed by atoms with Gasteiger partial charge in [-0.05, 0) is 37.0 Å². The average Bonchev–Trinajstić information content (AvgIpc) is 2.31. The van der Waals surface area contributed by atoms with Crippen LogP contribution in [0.15, 0.2) is 0 Å². The third-order valence-corrected chi connectivity index (χ3v) is 3.73. The number of ether oxygens (including phenoxy) is 1. The molecule has 5 nitrogen and oxygen atoms in total. The summed E-state index contributed by atoms with van der Waals surface area (Å²) in [7, 11) is 0. The zero-order valence-electron chi connectivity index (χ0n) is 11.9. The molecule has 0 bridgehead atoms. The van der Waals surface area contributed by atoms with Crippen molar-refractivity contribution >= 4 is 11.9 Å². The second kappa shape index (κ2) is 7.48. The summed E-state index contributed by atoms with van der Waals surface area (Å²) in [6.07, 6.45) is 5.19. The highest BCUT2D eigenvalue weighted by Gasteiger charge is 2.27. The highest BCUT2D eigenvalue weighted by Crippen LogP contribution is 2.38. The lowest BCUT2D eigenvalue weighted by atomic mass is 9.72. The first-order valence-electron chi connectivity index (χ1n) is 6.95. The van der Waals surface area contributed by atoms with Crippen LogP contribution in [0.2, 0.25) is 0 Å². The predicted molar refractivity (Wildman–Crippen MR) is 71.8 cm³/mol. The van der Waals surface area contributed by atoms with E-state index in [4.69, 9.17) is 9.84 Å². The van der Waals surface area contributed by atoms with Crippen LogP contribution < -0.4 is 5.32 Å². The van der Waals surface area contributed by atoms with Gasteiger partial charge >= 0.3 is 5.97 Å². The first kappa shape index (κ1) is 16.0. The van der Waals surface area contributed by atoms with E-state index in [1.54, 1.807) is 0 Å². The van der Waals surface area contributed by atoms with Crippen molar-refractivity contribution in [3.05, 3.63) is 0 Å². The predicted octanol–water partition coefficient (Wildman–Crippen LogP) is 1.81. The molecule has 0 radical (unpaired) electrons. The fraction of sp³-hybridized carbons (Fsp3) is 0.857. The van der Waals surface area contributed by atoms with Gasteiger partial charge in [0.25, 0.3) is 0 Å². The van der Waals surface area contributed by atoms with E-state index in [1.165, 1.54) is 12.8 Å². The van der Waals surface area contributed by atoms with Crippen LogP contribution in [0.4, 0.5) is 0 Å². The maximum Gasteiger partial charge on any atom is 0.329 e. The van der Waals surface area contributed by atoms with Crippen molar-refractivity contribution in [3.63, 3.8) is 0 Å². The van der Waals surface area contributed by atoms with Crippen LogP contribution in [0.25, 0.3) is 0 Å². The van der Waals surface area contributed by atoms with E-state index in [2.05, 4.69) is 19.2 Å². The standard InChI is InChI=1S/C14H25NO4/c1-14(2)5-3-11(4-6-14)9-12(16)15-7-8-19-10-13(17)18/h11H,3-10H2,1-2H3,(H,15,16)(H,17,18). The van der Waals surface area contributed by atoms with Crippen LogP contribution in [0.5, 0.6) is 0 Å². The molecule has 0 spiro atoms. The Balaban J connectivity index is 2.06. The van der Waals surface area contributed by atoms with Crippen molar-refractivity contribution < 1.29 is 19.4 Å². The molecule has 1 amide bonds. The van der Waals surface area contributed by atoms with Crippen LogP contribution >= 0.6 is 0 Å². The molecule has 5 heteroatoms. The first-order valence-corrected chi connectivity index (χ1v) is 6.95. The van der Waals surface area contributed by atoms with E-state index >= 15 is 0 Å². The number of carbonyl (C=O) groups is 2. The number of carbonyl (C=O) groups excluding carboxylic acids is 1. The molecule has 1 saturated carbocycles. The molecule has 19 heavy (non-hydrogen) atoms. The lowest BCUT2D eigenvalue weighted by Crippen LogP contribution is -2.31. The molecule has 1 aliphatic rings. The zero-order chi connectivity index (χ0) is 14.3. The molecule has 0 aliphatic heterocycles. The summed E-state index contributed by atoms with van der Waals surface area (Å²) >= 11 is 0. The minimum Gasteiger partial charge on any atom is -0.480 e. The average molecular weight is 271 g/mol. The third kappa shape index (κ3) is 7.15. The molecule has 0 heterocycles. The Kier molecular flexibility index (Phi) is 6.28. The third-order valence-electron chi connectivity index (χ3n) is 3.73. The van der Waals surface area contributed by atoms with Crippen molar-refractivity contribution in [1.29, 1.82) is 0 Å². The van der Waals surface area contributed by atoms with Crippen LogP contribution in [-0.4, -0.2) is 36.7 Å². The number of rotatable bonds is 7. The lowest BCUT2D eigenvalue weighted by Gasteiger charge is -2.34. The molecular weight excluding hydrogens is 246 g/mol. The van der Waals surface area contributed by atoms with Crippen molar-refractivity contribution in [2.75, 3.05) is 19.8 Å². The Morgan fingerprint density at radius 2 is 1.95 bits per heavy atom. The molecule has 0 unspecified atom stereocenters. The topological polar surface area (TPSA) is 75.6 Å². The van der Waals surface area contributed by atoms with E-state index in [0.717, 1.165) is 12.8 Å². The van der Waals surface area contributed by atoms with Crippen molar-refractivity contribution in [2.45, 2.75) is 46.0 Å². The number of aliphatic carboxylic acids is 1. The Morgan fingerprint density at radius 1 is 1.32 bits per heavy atom. The number of nitrogens with one attached hydrogen (secondary N) is 1. The number of amides is 1. The fourth-order valence-corrected chi connectivity index (χ4v) is 2.42. The highest BCUT2D eigenvalue weighted by atomic mass is 16.5. The van der Waals surface area contributed by atoms with E-state index in [0.29, 0.717) is 24.3 Å². The Bertz CT molecular complexity index is 305. The van der Waals surface area contributed by atoms with Gasteiger partial charge in [0.15, 0.2) is 0 Å². The zero-order valence-corrected chi connectivity index (χ0v) is 11.9. The second-order valence-corrected chi connectivity index (χ2v) is 6.11. The van der Waals surface area contributed by atoms with Crippen LogP contribution in [0, 0.1) is 11.3 Å². The molecule has 0 aromatic heterocycles. The van der Waals surface area contributed by atoms with E-state index in [9.17, 15) is 9.59 Å². The van der Waals surface area contributed by atoms with Gasteiger partial charge in [-0.1, -0.05) is 13.8 Å². The van der Waals surface area contributed by atoms with E-state index in [-0.39, 0.29) is 19.1 Å². The van der Waals surface area contributed by atoms with Gasteiger partial charge in [-0.25, -0.2) is 4.79 Å². The van der Waals surface area contributed by atoms with Gasteiger partial charge in [0.1, 0.15) is 6.61 Å². The van der Waals surface area contributed by atoms with Gasteiger partial charge in [0.2, 0.25) is 5.91 Å². The first-order chi connectivity index (χ1) is 8.89. The molecule has 0 atom stereocenters. The molecule has 0 saturated heterocycles. The number of hydrogen-bond acceptors (Lipinski definition) is 3. The van der Waals surface area contributed by atoms with Crippen LogP contribution in [0.1, 0.15) is 46.0 Å². The molecule has 1 aliphatic carbocycles. The minimum absolute atomic E-state index is 0.0450. The second-order valence-electron chi connectivity index (χ2n) is 6.11. The van der Waals surface area contributed by atoms with Crippen LogP contribution in [0.3, 0.4) is 0 Å². The summed E-state index contributed by atoms with van der Waals surface area (Å²) in [5.41, 5.74) is 0.428. The van der Waals surface area contributed by atoms with Crippen LogP contribution in [-0.2, 0) is 14.3 Å². The summed E-state index contributed by atoms with van der Waals surface area (Å²) in [6.45, 7) is 4.87. The number of carboxylic acids is 1. The molecule has 0 aromatic rings. The minimum atomic E-state index is -0.990. The molecule has 2 N–H and O–H groups in total. The Labute approximate surface area is 114 Å². The SMILES string of the molecule is CC1(C)CCC(CC(=O)NCCOCC(=O)O)CC1. The molecule has 110 valence electrons. The van der Waals surface area contributed by atoms with Gasteiger partial charge in [0, 0.05) is 13.0 Å². The number of carboxylic acid groups (broad SMARTS) is 1. The number of hydrogen-bond donors (Lipinski definition) is 2. The highest BCUT2D eigenvalue weighted by molar-refractivity contribution is 5.76. The summed E-state index contributed by atoms with van der Waals surface area (Å²) in [6, 6.07) is 0. The summed E-state index contributed by atoms with van der Waals surface area (Å²) in [5, 5.41) is 11.1. The van der Waals surface area contributed by atoms with Crippen molar-refractivity contribution in [3.8, 4) is 0 Å². The fourth-order valence-electron chi connectivity index (χ4n) is 2.42. The van der Waals surface area contributed by atoms with Gasteiger partial charge < -0.3 is 15.2 Å². The monoisotopic (exact) mass is 271 g/mol. The van der Waals surface area contributed by atoms with E-state index in [1.807, 2.05) is 0 Å². The van der Waals surface area contributed by atoms with E-state index < -0.39 is 5.97 Å². The maximum atomic E-state index is 11.7.